The molecule has 2 fully saturated rings. The molecule has 0 aliphatic carbocycles. The van der Waals surface area contributed by atoms with Crippen LogP contribution < -0.4 is 0 Å². The van der Waals surface area contributed by atoms with E-state index < -0.39 is 39.5 Å². The fourth-order valence-corrected chi connectivity index (χ4v) is 6.01. The zero-order valence-electron chi connectivity index (χ0n) is 15.1. The Labute approximate surface area is 172 Å². The highest BCUT2D eigenvalue weighted by Gasteiger charge is 2.39. The summed E-state index contributed by atoms with van der Waals surface area (Å²) in [5, 5.41) is -0.0864. The average Bonchev–Trinajstić information content (AvgIpc) is 3.11. The number of imide groups is 1. The van der Waals surface area contributed by atoms with Crippen LogP contribution in [-0.4, -0.2) is 65.9 Å². The van der Waals surface area contributed by atoms with Gasteiger partial charge in [0.2, 0.25) is 5.91 Å². The monoisotopic (exact) mass is 442 g/mol. The van der Waals surface area contributed by atoms with Gasteiger partial charge < -0.3 is 4.90 Å². The van der Waals surface area contributed by atoms with Crippen molar-refractivity contribution in [2.45, 2.75) is 19.4 Å². The third kappa shape index (κ3) is 4.42. The number of hydrogen-bond donors (Lipinski definition) is 0. The van der Waals surface area contributed by atoms with Gasteiger partial charge in [0.1, 0.15) is 6.54 Å². The van der Waals surface area contributed by atoms with Crippen molar-refractivity contribution in [3.05, 3.63) is 39.8 Å². The highest BCUT2D eigenvalue weighted by atomic mass is 35.5. The topological polar surface area (TPSA) is 91.8 Å². The van der Waals surface area contributed by atoms with Gasteiger partial charge in [-0.1, -0.05) is 29.8 Å². The minimum absolute atomic E-state index is 0.0452. The molecule has 0 radical (unpaired) electrons. The first kappa shape index (κ1) is 20.9. The van der Waals surface area contributed by atoms with Gasteiger partial charge in [0.05, 0.1) is 16.4 Å². The van der Waals surface area contributed by atoms with Gasteiger partial charge in [0.15, 0.2) is 9.84 Å². The molecule has 3 amide bonds. The zero-order chi connectivity index (χ0) is 20.5. The molecule has 0 bridgehead atoms. The average molecular weight is 443 g/mol. The van der Waals surface area contributed by atoms with E-state index in [0.717, 1.165) is 16.7 Å². The third-order valence-electron chi connectivity index (χ3n) is 4.67. The number of amides is 3. The summed E-state index contributed by atoms with van der Waals surface area (Å²) in [5.74, 6) is -1.03. The van der Waals surface area contributed by atoms with E-state index >= 15 is 0 Å². The Morgan fingerprint density at radius 2 is 2.07 bits per heavy atom. The van der Waals surface area contributed by atoms with Crippen molar-refractivity contribution in [2.24, 2.45) is 0 Å². The van der Waals surface area contributed by atoms with Crippen LogP contribution in [0.2, 0.25) is 5.02 Å². The van der Waals surface area contributed by atoms with Crippen LogP contribution in [0.5, 0.6) is 0 Å². The molecule has 0 N–H and O–H groups in total. The number of halogens is 1. The second kappa shape index (κ2) is 8.26. The summed E-state index contributed by atoms with van der Waals surface area (Å²) >= 11 is 6.84. The van der Waals surface area contributed by atoms with Gasteiger partial charge in [0, 0.05) is 17.6 Å². The molecule has 2 heterocycles. The molecule has 10 heteroatoms. The minimum atomic E-state index is -3.15. The summed E-state index contributed by atoms with van der Waals surface area (Å²) in [7, 11) is -3.15. The number of rotatable bonds is 5. The van der Waals surface area contributed by atoms with Crippen molar-refractivity contribution in [1.29, 1.82) is 0 Å². The predicted octanol–water partition coefficient (Wildman–Crippen LogP) is 2.41. The van der Waals surface area contributed by atoms with Crippen molar-refractivity contribution >= 4 is 56.3 Å². The van der Waals surface area contributed by atoms with E-state index in [-0.39, 0.29) is 16.4 Å². The molecule has 1 aromatic carbocycles. The second-order valence-electron chi connectivity index (χ2n) is 6.53. The maximum Gasteiger partial charge on any atom is 0.294 e. The van der Waals surface area contributed by atoms with Crippen LogP contribution in [0, 0.1) is 0 Å². The smallest absolute Gasteiger partial charge is 0.294 e. The number of carbonyl (C=O) groups is 3. The van der Waals surface area contributed by atoms with Crippen LogP contribution in [0.15, 0.2) is 29.2 Å². The Kier molecular flexibility index (Phi) is 6.16. The Morgan fingerprint density at radius 1 is 1.36 bits per heavy atom. The lowest BCUT2D eigenvalue weighted by atomic mass is 10.2. The SMILES string of the molecule is CCN(C(=O)CN1C(=O)SC(=Cc2ccccc2Cl)C1=O)C1CCS(=O)(=O)C1. The summed E-state index contributed by atoms with van der Waals surface area (Å²) in [6.45, 7) is 1.65. The molecule has 2 aliphatic rings. The summed E-state index contributed by atoms with van der Waals surface area (Å²) < 4.78 is 23.4. The fourth-order valence-electron chi connectivity index (χ4n) is 3.26. The van der Waals surface area contributed by atoms with Crippen LogP contribution in [0.25, 0.3) is 6.08 Å². The van der Waals surface area contributed by atoms with Crippen molar-refractivity contribution in [1.82, 2.24) is 9.80 Å². The Balaban J connectivity index is 1.73. The van der Waals surface area contributed by atoms with Gasteiger partial charge in [-0.3, -0.25) is 19.3 Å². The van der Waals surface area contributed by atoms with E-state index in [0.29, 0.717) is 23.6 Å². The van der Waals surface area contributed by atoms with E-state index in [1.807, 2.05) is 0 Å². The number of hydrogen-bond acceptors (Lipinski definition) is 6. The van der Waals surface area contributed by atoms with Gasteiger partial charge in [-0.15, -0.1) is 0 Å². The van der Waals surface area contributed by atoms with Gasteiger partial charge in [-0.25, -0.2) is 8.42 Å². The first-order chi connectivity index (χ1) is 13.2. The van der Waals surface area contributed by atoms with E-state index in [1.54, 1.807) is 31.2 Å². The molecule has 150 valence electrons. The first-order valence-corrected chi connectivity index (χ1v) is 11.7. The summed E-state index contributed by atoms with van der Waals surface area (Å²) in [4.78, 5) is 40.1. The lowest BCUT2D eigenvalue weighted by molar-refractivity contribution is -0.137. The Morgan fingerprint density at radius 3 is 2.68 bits per heavy atom. The molecule has 28 heavy (non-hydrogen) atoms. The molecule has 1 atom stereocenters. The number of benzene rings is 1. The van der Waals surface area contributed by atoms with E-state index in [2.05, 4.69) is 0 Å². The van der Waals surface area contributed by atoms with Crippen molar-refractivity contribution in [3.8, 4) is 0 Å². The first-order valence-electron chi connectivity index (χ1n) is 8.71. The lowest BCUT2D eigenvalue weighted by Gasteiger charge is -2.28. The van der Waals surface area contributed by atoms with Gasteiger partial charge >= 0.3 is 0 Å². The number of nitrogens with zero attached hydrogens (tertiary/aromatic N) is 2. The molecule has 7 nitrogen and oxygen atoms in total. The fraction of sp³-hybridized carbons (Fsp3) is 0.389. The predicted molar refractivity (Wildman–Crippen MR) is 109 cm³/mol. The lowest BCUT2D eigenvalue weighted by Crippen LogP contribution is -2.47. The van der Waals surface area contributed by atoms with Crippen LogP contribution >= 0.6 is 23.4 Å². The summed E-state index contributed by atoms with van der Waals surface area (Å²) in [6, 6.07) is 6.50. The second-order valence-corrected chi connectivity index (χ2v) is 10.2. The Bertz CT molecular complexity index is 960. The van der Waals surface area contributed by atoms with E-state index in [1.165, 1.54) is 11.0 Å². The number of likely N-dealkylation sites (N-methyl/N-ethyl adjacent to an activating group) is 1. The van der Waals surface area contributed by atoms with Crippen LogP contribution in [0.4, 0.5) is 4.79 Å². The molecule has 0 saturated carbocycles. The van der Waals surface area contributed by atoms with E-state index in [4.69, 9.17) is 11.6 Å². The van der Waals surface area contributed by atoms with Gasteiger partial charge in [-0.05, 0) is 42.8 Å². The maximum absolute atomic E-state index is 12.7. The normalized spacial score (nSPS) is 22.9. The summed E-state index contributed by atoms with van der Waals surface area (Å²) in [6.07, 6.45) is 1.90. The molecule has 3 rings (SSSR count). The number of sulfone groups is 1. The highest BCUT2D eigenvalue weighted by molar-refractivity contribution is 8.18. The van der Waals surface area contributed by atoms with Gasteiger partial charge in [0.25, 0.3) is 11.1 Å². The molecule has 2 aliphatic heterocycles. The molecular formula is C18H19ClN2O5S2. The molecular weight excluding hydrogens is 424 g/mol. The van der Waals surface area contributed by atoms with Crippen molar-refractivity contribution in [2.75, 3.05) is 24.6 Å². The molecule has 1 aromatic rings. The molecule has 2 saturated heterocycles. The van der Waals surface area contributed by atoms with E-state index in [9.17, 15) is 22.8 Å². The van der Waals surface area contributed by atoms with Gasteiger partial charge in [-0.2, -0.15) is 0 Å². The molecule has 0 spiro atoms. The quantitative estimate of drug-likeness (QED) is 0.650. The number of thioether (sulfide) groups is 1. The Hall–Kier alpha value is -1.84. The van der Waals surface area contributed by atoms with Crippen LogP contribution in [0.3, 0.4) is 0 Å². The third-order valence-corrected chi connectivity index (χ3v) is 7.67. The standard InChI is InChI=1S/C18H19ClN2O5S2/c1-2-20(13-7-8-28(25,26)11-13)16(22)10-21-17(23)15(27-18(21)24)9-12-5-3-4-6-14(12)19/h3-6,9,13H,2,7-8,10-11H2,1H3. The molecule has 1 unspecified atom stereocenters. The largest absolute Gasteiger partial charge is 0.337 e. The van der Waals surface area contributed by atoms with Crippen LogP contribution in [-0.2, 0) is 19.4 Å². The zero-order valence-corrected chi connectivity index (χ0v) is 17.5. The molecule has 0 aromatic heterocycles. The number of carbonyl (C=O) groups excluding carboxylic acids is 3. The van der Waals surface area contributed by atoms with Crippen molar-refractivity contribution in [3.63, 3.8) is 0 Å². The van der Waals surface area contributed by atoms with Crippen molar-refractivity contribution < 1.29 is 22.8 Å². The minimum Gasteiger partial charge on any atom is -0.337 e. The maximum atomic E-state index is 12.7. The van der Waals surface area contributed by atoms with Crippen LogP contribution in [0.1, 0.15) is 18.9 Å². The summed E-state index contributed by atoms with van der Waals surface area (Å²) in [5.41, 5.74) is 0.604. The highest BCUT2D eigenvalue weighted by Crippen LogP contribution is 2.33.